The van der Waals surface area contributed by atoms with E-state index in [-0.39, 0.29) is 29.5 Å². The summed E-state index contributed by atoms with van der Waals surface area (Å²) in [4.78, 5) is 31.1. The van der Waals surface area contributed by atoms with Gasteiger partial charge in [-0.1, -0.05) is 11.6 Å². The van der Waals surface area contributed by atoms with Crippen LogP contribution in [-0.2, 0) is 6.18 Å². The van der Waals surface area contributed by atoms with Crippen LogP contribution in [0.25, 0.3) is 0 Å². The highest BCUT2D eigenvalue weighted by atomic mass is 35.5. The van der Waals surface area contributed by atoms with E-state index in [1.807, 2.05) is 0 Å². The van der Waals surface area contributed by atoms with Crippen molar-refractivity contribution in [3.05, 3.63) is 70.8 Å². The van der Waals surface area contributed by atoms with Gasteiger partial charge in [0.25, 0.3) is 11.8 Å². The van der Waals surface area contributed by atoms with Gasteiger partial charge in [0.2, 0.25) is 0 Å². The van der Waals surface area contributed by atoms with E-state index in [0.717, 1.165) is 12.1 Å². The van der Waals surface area contributed by atoms with Gasteiger partial charge >= 0.3 is 6.18 Å². The van der Waals surface area contributed by atoms with Crippen molar-refractivity contribution in [3.8, 4) is 0 Å². The molecule has 3 heterocycles. The van der Waals surface area contributed by atoms with E-state index in [4.69, 9.17) is 11.6 Å². The van der Waals surface area contributed by atoms with E-state index in [1.165, 1.54) is 28.0 Å². The molecule has 3 aromatic rings. The number of carbonyl (C=O) groups excluding carboxylic acids is 2. The van der Waals surface area contributed by atoms with E-state index < -0.39 is 28.6 Å². The number of halogens is 4. The Morgan fingerprint density at radius 2 is 2.03 bits per heavy atom. The molecule has 1 aliphatic heterocycles. The number of nitrogens with zero attached hydrogens (tertiary/aromatic N) is 4. The molecule has 0 bridgehead atoms. The molecule has 7 nitrogen and oxygen atoms in total. The van der Waals surface area contributed by atoms with Gasteiger partial charge in [-0.05, 0) is 37.3 Å². The normalized spacial score (nSPS) is 16.2. The average molecular weight is 450 g/mol. The molecule has 1 aliphatic rings. The van der Waals surface area contributed by atoms with Crippen LogP contribution in [0.15, 0.2) is 48.9 Å². The first-order valence-electron chi connectivity index (χ1n) is 9.14. The zero-order valence-electron chi connectivity index (χ0n) is 16.0. The standard InChI is InChI=1S/C20H15ClF3N5O2/c1-11-10-28(13-4-5-15(16(21)7-13)20(22,23)24)19(31)17-14(9-26-29(11)17)18(30)27-12-3-2-6-25-8-12/h2-9,11H,10H2,1H3,(H,27,30)/t11-/m0/s1. The van der Waals surface area contributed by atoms with Gasteiger partial charge in [-0.15, -0.1) is 0 Å². The maximum absolute atomic E-state index is 13.2. The molecule has 0 saturated heterocycles. The minimum absolute atomic E-state index is 0.0381. The van der Waals surface area contributed by atoms with Gasteiger partial charge in [0.1, 0.15) is 5.69 Å². The summed E-state index contributed by atoms with van der Waals surface area (Å²) in [6.07, 6.45) is -0.311. The van der Waals surface area contributed by atoms with E-state index in [9.17, 15) is 22.8 Å². The SMILES string of the molecule is C[C@H]1CN(c2ccc(C(F)(F)F)c(Cl)c2)C(=O)c2c(C(=O)Nc3cccnc3)cnn21. The van der Waals surface area contributed by atoms with E-state index >= 15 is 0 Å². The molecule has 160 valence electrons. The summed E-state index contributed by atoms with van der Waals surface area (Å²) in [5.41, 5.74) is -0.271. The summed E-state index contributed by atoms with van der Waals surface area (Å²) >= 11 is 5.82. The fraction of sp³-hybridized carbons (Fsp3) is 0.200. The Bertz CT molecular complexity index is 1160. The predicted molar refractivity (Wildman–Crippen MR) is 107 cm³/mol. The minimum atomic E-state index is -4.61. The number of pyridine rings is 1. The zero-order chi connectivity index (χ0) is 22.3. The first-order valence-corrected chi connectivity index (χ1v) is 9.52. The summed E-state index contributed by atoms with van der Waals surface area (Å²) in [5.74, 6) is -1.12. The van der Waals surface area contributed by atoms with Crippen molar-refractivity contribution in [3.63, 3.8) is 0 Å². The molecule has 2 aromatic heterocycles. The Hall–Kier alpha value is -3.40. The van der Waals surface area contributed by atoms with Gasteiger partial charge in [0, 0.05) is 18.4 Å². The third kappa shape index (κ3) is 3.86. The monoisotopic (exact) mass is 449 g/mol. The van der Waals surface area contributed by atoms with Crippen LogP contribution >= 0.6 is 11.6 Å². The molecule has 0 spiro atoms. The number of nitrogens with one attached hydrogen (secondary N) is 1. The molecule has 0 unspecified atom stereocenters. The van der Waals surface area contributed by atoms with Crippen molar-refractivity contribution >= 4 is 34.8 Å². The number of hydrogen-bond acceptors (Lipinski definition) is 4. The maximum Gasteiger partial charge on any atom is 0.417 e. The summed E-state index contributed by atoms with van der Waals surface area (Å²) in [6, 6.07) is 6.07. The zero-order valence-corrected chi connectivity index (χ0v) is 16.8. The number of aromatic nitrogens is 3. The van der Waals surface area contributed by atoms with Crippen LogP contribution in [0, 0.1) is 0 Å². The number of benzene rings is 1. The van der Waals surface area contributed by atoms with Crippen molar-refractivity contribution in [2.45, 2.75) is 19.1 Å². The fourth-order valence-electron chi connectivity index (χ4n) is 3.39. The number of rotatable bonds is 3. The maximum atomic E-state index is 13.2. The molecule has 1 N–H and O–H groups in total. The number of alkyl halides is 3. The second kappa shape index (κ2) is 7.69. The van der Waals surface area contributed by atoms with Crippen LogP contribution in [-0.4, -0.2) is 33.1 Å². The quantitative estimate of drug-likeness (QED) is 0.641. The highest BCUT2D eigenvalue weighted by molar-refractivity contribution is 6.32. The number of amides is 2. The number of fused-ring (bicyclic) bond motifs is 1. The summed E-state index contributed by atoms with van der Waals surface area (Å²) < 4.78 is 40.5. The second-order valence-electron chi connectivity index (χ2n) is 6.97. The Morgan fingerprint density at radius 3 is 2.68 bits per heavy atom. The van der Waals surface area contributed by atoms with Gasteiger partial charge in [-0.3, -0.25) is 19.3 Å². The molecule has 31 heavy (non-hydrogen) atoms. The summed E-state index contributed by atoms with van der Waals surface area (Å²) in [5, 5.41) is 6.29. The van der Waals surface area contributed by atoms with Crippen molar-refractivity contribution in [2.24, 2.45) is 0 Å². The molecular weight excluding hydrogens is 435 g/mol. The van der Waals surface area contributed by atoms with E-state index in [2.05, 4.69) is 15.4 Å². The molecule has 1 atom stereocenters. The lowest BCUT2D eigenvalue weighted by atomic mass is 10.1. The molecule has 11 heteroatoms. The molecular formula is C20H15ClF3N5O2. The van der Waals surface area contributed by atoms with Crippen LogP contribution in [0.4, 0.5) is 24.5 Å². The van der Waals surface area contributed by atoms with Gasteiger partial charge in [-0.25, -0.2) is 0 Å². The lowest BCUT2D eigenvalue weighted by Crippen LogP contribution is -2.43. The highest BCUT2D eigenvalue weighted by Gasteiger charge is 2.37. The molecule has 0 radical (unpaired) electrons. The van der Waals surface area contributed by atoms with E-state index in [1.54, 1.807) is 25.3 Å². The largest absolute Gasteiger partial charge is 0.417 e. The third-order valence-electron chi connectivity index (χ3n) is 4.84. The summed E-state index contributed by atoms with van der Waals surface area (Å²) in [7, 11) is 0. The first-order chi connectivity index (χ1) is 14.7. The predicted octanol–water partition coefficient (Wildman–Crippen LogP) is 4.42. The smallest absolute Gasteiger partial charge is 0.320 e. The Balaban J connectivity index is 1.68. The topological polar surface area (TPSA) is 80.1 Å². The van der Waals surface area contributed by atoms with Gasteiger partial charge in [0.05, 0.1) is 40.3 Å². The van der Waals surface area contributed by atoms with Crippen molar-refractivity contribution < 1.29 is 22.8 Å². The van der Waals surface area contributed by atoms with Gasteiger partial charge < -0.3 is 10.2 Å². The lowest BCUT2D eigenvalue weighted by Gasteiger charge is -2.32. The molecule has 1 aromatic carbocycles. The molecule has 4 rings (SSSR count). The minimum Gasteiger partial charge on any atom is -0.320 e. The third-order valence-corrected chi connectivity index (χ3v) is 5.15. The molecule has 2 amide bonds. The Labute approximate surface area is 179 Å². The summed E-state index contributed by atoms with van der Waals surface area (Å²) in [6.45, 7) is 1.93. The van der Waals surface area contributed by atoms with Crippen molar-refractivity contribution in [1.29, 1.82) is 0 Å². The van der Waals surface area contributed by atoms with Crippen LogP contribution < -0.4 is 10.2 Å². The molecule has 0 fully saturated rings. The van der Waals surface area contributed by atoms with Gasteiger partial charge in [0.15, 0.2) is 0 Å². The van der Waals surface area contributed by atoms with Gasteiger partial charge in [-0.2, -0.15) is 18.3 Å². The van der Waals surface area contributed by atoms with Crippen LogP contribution in [0.3, 0.4) is 0 Å². The lowest BCUT2D eigenvalue weighted by molar-refractivity contribution is -0.137. The average Bonchev–Trinajstić information content (AvgIpc) is 3.17. The number of hydrogen-bond donors (Lipinski definition) is 1. The van der Waals surface area contributed by atoms with Crippen molar-refractivity contribution in [1.82, 2.24) is 14.8 Å². The van der Waals surface area contributed by atoms with Crippen LogP contribution in [0.2, 0.25) is 5.02 Å². The van der Waals surface area contributed by atoms with Crippen molar-refractivity contribution in [2.75, 3.05) is 16.8 Å². The fourth-order valence-corrected chi connectivity index (χ4v) is 3.67. The Kier molecular flexibility index (Phi) is 5.18. The van der Waals surface area contributed by atoms with Crippen LogP contribution in [0.5, 0.6) is 0 Å². The number of carbonyl (C=O) groups is 2. The van der Waals surface area contributed by atoms with E-state index in [0.29, 0.717) is 5.69 Å². The number of anilines is 2. The second-order valence-corrected chi connectivity index (χ2v) is 7.38. The highest BCUT2D eigenvalue weighted by Crippen LogP contribution is 2.37. The first kappa shape index (κ1) is 20.9. The van der Waals surface area contributed by atoms with Crippen LogP contribution in [0.1, 0.15) is 39.4 Å². The Morgan fingerprint density at radius 1 is 1.26 bits per heavy atom. The molecule has 0 aliphatic carbocycles. The molecule has 0 saturated carbocycles.